The fourth-order valence-electron chi connectivity index (χ4n) is 2.57. The second-order valence-corrected chi connectivity index (χ2v) is 6.26. The van der Waals surface area contributed by atoms with Gasteiger partial charge in [-0.25, -0.2) is 0 Å². The lowest BCUT2D eigenvalue weighted by Crippen LogP contribution is -2.46. The molecule has 1 atom stereocenters. The van der Waals surface area contributed by atoms with Gasteiger partial charge in [-0.05, 0) is 58.0 Å². The van der Waals surface area contributed by atoms with Gasteiger partial charge in [-0.3, -0.25) is 4.90 Å². The molecule has 1 unspecified atom stereocenters. The Labute approximate surface area is 119 Å². The highest BCUT2D eigenvalue weighted by Gasteiger charge is 2.37. The molecule has 1 saturated heterocycles. The van der Waals surface area contributed by atoms with Crippen molar-refractivity contribution in [2.75, 3.05) is 13.1 Å². The first kappa shape index (κ1) is 14.1. The highest BCUT2D eigenvalue weighted by atomic mass is 35.5. The van der Waals surface area contributed by atoms with E-state index in [4.69, 9.17) is 23.2 Å². The molecule has 0 aliphatic carbocycles. The molecular weight excluding hydrogens is 269 g/mol. The van der Waals surface area contributed by atoms with Crippen LogP contribution in [0, 0.1) is 0 Å². The monoisotopic (exact) mass is 287 g/mol. The Kier molecular flexibility index (Phi) is 4.22. The zero-order valence-electron chi connectivity index (χ0n) is 10.8. The summed E-state index contributed by atoms with van der Waals surface area (Å²) in [5, 5.41) is 11.8. The van der Waals surface area contributed by atoms with Gasteiger partial charge < -0.3 is 5.11 Å². The van der Waals surface area contributed by atoms with E-state index in [9.17, 15) is 5.11 Å². The maximum absolute atomic E-state index is 10.6. The van der Waals surface area contributed by atoms with Crippen LogP contribution in [0.15, 0.2) is 18.2 Å². The Morgan fingerprint density at radius 2 is 1.83 bits per heavy atom. The number of hydrogen-bond donors (Lipinski definition) is 1. The van der Waals surface area contributed by atoms with Crippen LogP contribution in [0.5, 0.6) is 0 Å². The molecule has 1 fully saturated rings. The molecule has 100 valence electrons. The van der Waals surface area contributed by atoms with E-state index < -0.39 is 6.10 Å². The van der Waals surface area contributed by atoms with Gasteiger partial charge in [-0.2, -0.15) is 0 Å². The minimum absolute atomic E-state index is 0.329. The van der Waals surface area contributed by atoms with E-state index in [1.165, 1.54) is 12.8 Å². The third-order valence-corrected chi connectivity index (χ3v) is 4.42. The normalized spacial score (nSPS) is 19.2. The van der Waals surface area contributed by atoms with Gasteiger partial charge in [0, 0.05) is 21.1 Å². The minimum Gasteiger partial charge on any atom is -0.386 e. The first-order chi connectivity index (χ1) is 8.43. The standard InChI is InChI=1S/C14H19Cl2NO/c1-14(2,17-7-3-4-8-17)13(18)11-9-10(15)5-6-12(11)16/h5-6,9,13,18H,3-4,7-8H2,1-2H3. The van der Waals surface area contributed by atoms with Crippen molar-refractivity contribution in [1.82, 2.24) is 4.90 Å². The number of hydrogen-bond acceptors (Lipinski definition) is 2. The van der Waals surface area contributed by atoms with E-state index in [1.54, 1.807) is 18.2 Å². The highest BCUT2D eigenvalue weighted by Crippen LogP contribution is 2.37. The Morgan fingerprint density at radius 1 is 1.22 bits per heavy atom. The lowest BCUT2D eigenvalue weighted by atomic mass is 9.89. The molecular formula is C14H19Cl2NO. The molecule has 0 saturated carbocycles. The summed E-state index contributed by atoms with van der Waals surface area (Å²) in [5.74, 6) is 0. The number of nitrogens with zero attached hydrogens (tertiary/aromatic N) is 1. The molecule has 1 N–H and O–H groups in total. The summed E-state index contributed by atoms with van der Waals surface area (Å²) in [6.07, 6.45) is 1.75. The summed E-state index contributed by atoms with van der Waals surface area (Å²) in [5.41, 5.74) is 0.381. The molecule has 1 aliphatic heterocycles. The van der Waals surface area contributed by atoms with Crippen molar-refractivity contribution in [3.63, 3.8) is 0 Å². The largest absolute Gasteiger partial charge is 0.386 e. The highest BCUT2D eigenvalue weighted by molar-refractivity contribution is 6.33. The van der Waals surface area contributed by atoms with Crippen LogP contribution >= 0.6 is 23.2 Å². The molecule has 1 aliphatic rings. The molecule has 1 aromatic rings. The van der Waals surface area contributed by atoms with Gasteiger partial charge in [0.1, 0.15) is 0 Å². The Morgan fingerprint density at radius 3 is 2.44 bits per heavy atom. The van der Waals surface area contributed by atoms with Crippen LogP contribution in [0.1, 0.15) is 38.4 Å². The number of rotatable bonds is 3. The molecule has 1 aromatic carbocycles. The van der Waals surface area contributed by atoms with Crippen molar-refractivity contribution >= 4 is 23.2 Å². The Balaban J connectivity index is 2.28. The lowest BCUT2D eigenvalue weighted by Gasteiger charge is -2.40. The van der Waals surface area contributed by atoms with E-state index >= 15 is 0 Å². The zero-order chi connectivity index (χ0) is 13.3. The molecule has 2 nitrogen and oxygen atoms in total. The second-order valence-electron chi connectivity index (χ2n) is 5.42. The maximum atomic E-state index is 10.6. The van der Waals surface area contributed by atoms with E-state index in [-0.39, 0.29) is 5.54 Å². The van der Waals surface area contributed by atoms with Crippen molar-refractivity contribution in [2.45, 2.75) is 38.3 Å². The van der Waals surface area contributed by atoms with Crippen LogP contribution in [-0.4, -0.2) is 28.6 Å². The van der Waals surface area contributed by atoms with Gasteiger partial charge in [0.25, 0.3) is 0 Å². The average Bonchev–Trinajstić information content (AvgIpc) is 2.85. The predicted molar refractivity (Wildman–Crippen MR) is 76.3 cm³/mol. The van der Waals surface area contributed by atoms with E-state index in [1.807, 2.05) is 0 Å². The van der Waals surface area contributed by atoms with Crippen LogP contribution < -0.4 is 0 Å². The molecule has 18 heavy (non-hydrogen) atoms. The van der Waals surface area contributed by atoms with Gasteiger partial charge in [-0.1, -0.05) is 23.2 Å². The summed E-state index contributed by atoms with van der Waals surface area (Å²) in [6, 6.07) is 5.23. The number of halogens is 2. The van der Waals surface area contributed by atoms with Crippen molar-refractivity contribution in [1.29, 1.82) is 0 Å². The number of aliphatic hydroxyl groups excluding tert-OH is 1. The number of aliphatic hydroxyl groups is 1. The first-order valence-electron chi connectivity index (χ1n) is 6.31. The maximum Gasteiger partial charge on any atom is 0.0983 e. The number of likely N-dealkylation sites (tertiary alicyclic amines) is 1. The zero-order valence-corrected chi connectivity index (χ0v) is 12.3. The minimum atomic E-state index is -0.637. The van der Waals surface area contributed by atoms with Gasteiger partial charge in [0.05, 0.1) is 6.10 Å². The van der Waals surface area contributed by atoms with Gasteiger partial charge in [0.2, 0.25) is 0 Å². The van der Waals surface area contributed by atoms with E-state index in [0.29, 0.717) is 15.6 Å². The van der Waals surface area contributed by atoms with Crippen molar-refractivity contribution in [2.24, 2.45) is 0 Å². The molecule has 0 amide bonds. The average molecular weight is 288 g/mol. The van der Waals surface area contributed by atoms with Crippen LogP contribution in [0.2, 0.25) is 10.0 Å². The first-order valence-corrected chi connectivity index (χ1v) is 7.06. The molecule has 0 radical (unpaired) electrons. The van der Waals surface area contributed by atoms with Gasteiger partial charge >= 0.3 is 0 Å². The molecule has 0 spiro atoms. The van der Waals surface area contributed by atoms with E-state index in [2.05, 4.69) is 18.7 Å². The van der Waals surface area contributed by atoms with Crippen LogP contribution in [-0.2, 0) is 0 Å². The van der Waals surface area contributed by atoms with Crippen LogP contribution in [0.4, 0.5) is 0 Å². The predicted octanol–water partition coefficient (Wildman–Crippen LogP) is 3.90. The van der Waals surface area contributed by atoms with Gasteiger partial charge in [0.15, 0.2) is 0 Å². The number of benzene rings is 1. The van der Waals surface area contributed by atoms with Crippen LogP contribution in [0.25, 0.3) is 0 Å². The molecule has 2 rings (SSSR count). The molecule has 0 aromatic heterocycles. The molecule has 1 heterocycles. The second kappa shape index (κ2) is 5.38. The smallest absolute Gasteiger partial charge is 0.0983 e. The Hall–Kier alpha value is -0.280. The van der Waals surface area contributed by atoms with Gasteiger partial charge in [-0.15, -0.1) is 0 Å². The lowest BCUT2D eigenvalue weighted by molar-refractivity contribution is 0.00139. The summed E-state index contributed by atoms with van der Waals surface area (Å²) >= 11 is 12.2. The van der Waals surface area contributed by atoms with E-state index in [0.717, 1.165) is 13.1 Å². The van der Waals surface area contributed by atoms with Crippen molar-refractivity contribution in [3.05, 3.63) is 33.8 Å². The summed E-state index contributed by atoms with van der Waals surface area (Å²) in [4.78, 5) is 2.31. The van der Waals surface area contributed by atoms with Crippen molar-refractivity contribution in [3.8, 4) is 0 Å². The summed E-state index contributed by atoms with van der Waals surface area (Å²) < 4.78 is 0. The van der Waals surface area contributed by atoms with Crippen molar-refractivity contribution < 1.29 is 5.11 Å². The third kappa shape index (κ3) is 2.67. The summed E-state index contributed by atoms with van der Waals surface area (Å²) in [6.45, 7) is 6.17. The molecule has 0 bridgehead atoms. The fourth-order valence-corrected chi connectivity index (χ4v) is 2.97. The SMILES string of the molecule is CC(C)(C(O)c1cc(Cl)ccc1Cl)N1CCCC1. The summed E-state index contributed by atoms with van der Waals surface area (Å²) in [7, 11) is 0. The topological polar surface area (TPSA) is 23.5 Å². The quantitative estimate of drug-likeness (QED) is 0.911. The third-order valence-electron chi connectivity index (χ3n) is 3.84. The van der Waals surface area contributed by atoms with Crippen LogP contribution in [0.3, 0.4) is 0 Å². The Bertz CT molecular complexity index is 428. The molecule has 4 heteroatoms. The fraction of sp³-hybridized carbons (Fsp3) is 0.571.